The molecular weight excluding hydrogens is 242 g/mol. The predicted molar refractivity (Wildman–Crippen MR) is 74.7 cm³/mol. The van der Waals surface area contributed by atoms with Gasteiger partial charge in [0.2, 0.25) is 5.91 Å². The fourth-order valence-electron chi connectivity index (χ4n) is 2.51. The van der Waals surface area contributed by atoms with Crippen LogP contribution in [-0.4, -0.2) is 23.5 Å². The van der Waals surface area contributed by atoms with E-state index in [2.05, 4.69) is 33.0 Å². The zero-order chi connectivity index (χ0) is 14.6. The third kappa shape index (κ3) is 4.84. The Morgan fingerprint density at radius 1 is 1.32 bits per heavy atom. The monoisotopic (exact) mass is 269 g/mol. The summed E-state index contributed by atoms with van der Waals surface area (Å²) in [4.78, 5) is 22.9. The van der Waals surface area contributed by atoms with Gasteiger partial charge in [0.15, 0.2) is 0 Å². The number of carbonyl (C=O) groups is 2. The molecule has 0 aromatic rings. The molecule has 1 fully saturated rings. The molecule has 1 saturated carbocycles. The quantitative estimate of drug-likeness (QED) is 0.806. The van der Waals surface area contributed by atoms with Crippen molar-refractivity contribution in [2.45, 2.75) is 53.4 Å². The van der Waals surface area contributed by atoms with Gasteiger partial charge in [0.1, 0.15) is 0 Å². The SMILES string of the molecule is CC(CC(=O)NCC1CCCC1C(=O)O)C(C)(C)C. The first-order valence-corrected chi connectivity index (χ1v) is 7.21. The third-order valence-electron chi connectivity index (χ3n) is 4.51. The van der Waals surface area contributed by atoms with E-state index in [0.29, 0.717) is 18.9 Å². The van der Waals surface area contributed by atoms with Crippen molar-refractivity contribution >= 4 is 11.9 Å². The number of carboxylic acids is 1. The molecule has 1 aliphatic carbocycles. The summed E-state index contributed by atoms with van der Waals surface area (Å²) >= 11 is 0. The Hall–Kier alpha value is -1.06. The van der Waals surface area contributed by atoms with E-state index in [0.717, 1.165) is 19.3 Å². The standard InChI is InChI=1S/C15H27NO3/c1-10(15(2,3)4)8-13(17)16-9-11-6-5-7-12(11)14(18)19/h10-12H,5-9H2,1-4H3,(H,16,17)(H,18,19). The normalized spacial score (nSPS) is 25.1. The first kappa shape index (κ1) is 16.0. The molecule has 0 radical (unpaired) electrons. The summed E-state index contributed by atoms with van der Waals surface area (Å²) in [6.07, 6.45) is 3.12. The van der Waals surface area contributed by atoms with Crippen LogP contribution in [0.15, 0.2) is 0 Å². The van der Waals surface area contributed by atoms with Crippen LogP contribution in [0, 0.1) is 23.2 Å². The molecule has 3 unspecified atom stereocenters. The first-order valence-electron chi connectivity index (χ1n) is 7.21. The summed E-state index contributed by atoms with van der Waals surface area (Å²) in [6, 6.07) is 0. The van der Waals surface area contributed by atoms with Gasteiger partial charge in [0.05, 0.1) is 5.92 Å². The van der Waals surface area contributed by atoms with Crippen molar-refractivity contribution in [2.24, 2.45) is 23.2 Å². The molecule has 1 amide bonds. The van der Waals surface area contributed by atoms with E-state index >= 15 is 0 Å². The van der Waals surface area contributed by atoms with Crippen LogP contribution >= 0.6 is 0 Å². The molecule has 3 atom stereocenters. The van der Waals surface area contributed by atoms with Gasteiger partial charge in [-0.1, -0.05) is 34.1 Å². The second-order valence-corrected chi connectivity index (χ2v) is 6.91. The summed E-state index contributed by atoms with van der Waals surface area (Å²) in [5, 5.41) is 12.0. The van der Waals surface area contributed by atoms with Crippen molar-refractivity contribution in [3.63, 3.8) is 0 Å². The molecule has 1 rings (SSSR count). The van der Waals surface area contributed by atoms with E-state index in [1.807, 2.05) is 0 Å². The number of rotatable bonds is 5. The van der Waals surface area contributed by atoms with E-state index in [1.165, 1.54) is 0 Å². The van der Waals surface area contributed by atoms with Crippen LogP contribution in [0.5, 0.6) is 0 Å². The fourth-order valence-corrected chi connectivity index (χ4v) is 2.51. The number of hydrogen-bond acceptors (Lipinski definition) is 2. The maximum absolute atomic E-state index is 11.9. The van der Waals surface area contributed by atoms with Gasteiger partial charge in [-0.3, -0.25) is 9.59 Å². The van der Waals surface area contributed by atoms with E-state index in [9.17, 15) is 9.59 Å². The van der Waals surface area contributed by atoms with E-state index in [4.69, 9.17) is 5.11 Å². The summed E-state index contributed by atoms with van der Waals surface area (Å²) < 4.78 is 0. The van der Waals surface area contributed by atoms with Crippen LogP contribution in [0.25, 0.3) is 0 Å². The van der Waals surface area contributed by atoms with Crippen LogP contribution in [0.4, 0.5) is 0 Å². The van der Waals surface area contributed by atoms with Crippen molar-refractivity contribution in [2.75, 3.05) is 6.54 Å². The second kappa shape index (κ2) is 6.40. The predicted octanol–water partition coefficient (Wildman–Crippen LogP) is 2.68. The molecule has 0 heterocycles. The van der Waals surface area contributed by atoms with Crippen LogP contribution in [0.1, 0.15) is 53.4 Å². The van der Waals surface area contributed by atoms with Gasteiger partial charge in [0.25, 0.3) is 0 Å². The highest BCUT2D eigenvalue weighted by Crippen LogP contribution is 2.31. The lowest BCUT2D eigenvalue weighted by molar-refractivity contribution is -0.143. The van der Waals surface area contributed by atoms with Gasteiger partial charge >= 0.3 is 5.97 Å². The average Bonchev–Trinajstić information content (AvgIpc) is 2.73. The maximum atomic E-state index is 11.9. The fraction of sp³-hybridized carbons (Fsp3) is 0.867. The molecule has 4 nitrogen and oxygen atoms in total. The van der Waals surface area contributed by atoms with Crippen LogP contribution in [-0.2, 0) is 9.59 Å². The lowest BCUT2D eigenvalue weighted by atomic mass is 9.80. The Labute approximate surface area is 116 Å². The smallest absolute Gasteiger partial charge is 0.306 e. The molecule has 0 spiro atoms. The number of nitrogens with one attached hydrogen (secondary N) is 1. The first-order chi connectivity index (χ1) is 8.71. The molecule has 110 valence electrons. The Kier molecular flexibility index (Phi) is 5.39. The van der Waals surface area contributed by atoms with Crippen molar-refractivity contribution in [1.29, 1.82) is 0 Å². The minimum absolute atomic E-state index is 0.0402. The number of carbonyl (C=O) groups excluding carboxylic acids is 1. The Balaban J connectivity index is 2.36. The lowest BCUT2D eigenvalue weighted by Crippen LogP contribution is -2.35. The van der Waals surface area contributed by atoms with Crippen LogP contribution < -0.4 is 5.32 Å². The molecule has 19 heavy (non-hydrogen) atoms. The summed E-state index contributed by atoms with van der Waals surface area (Å²) in [7, 11) is 0. The largest absolute Gasteiger partial charge is 0.481 e. The highest BCUT2D eigenvalue weighted by atomic mass is 16.4. The zero-order valence-electron chi connectivity index (χ0n) is 12.5. The molecule has 0 aromatic carbocycles. The van der Waals surface area contributed by atoms with E-state index in [-0.39, 0.29) is 23.2 Å². The van der Waals surface area contributed by atoms with Crippen molar-refractivity contribution in [1.82, 2.24) is 5.32 Å². The third-order valence-corrected chi connectivity index (χ3v) is 4.51. The van der Waals surface area contributed by atoms with Crippen molar-refractivity contribution in [3.05, 3.63) is 0 Å². The number of aliphatic carboxylic acids is 1. The minimum atomic E-state index is -0.722. The molecule has 0 saturated heterocycles. The summed E-state index contributed by atoms with van der Waals surface area (Å²) in [5.41, 5.74) is 0.119. The molecule has 0 aromatic heterocycles. The average molecular weight is 269 g/mol. The van der Waals surface area contributed by atoms with Gasteiger partial charge in [-0.15, -0.1) is 0 Å². The molecule has 1 aliphatic rings. The summed E-state index contributed by atoms with van der Waals surface area (Å²) in [5.74, 6) is -0.545. The van der Waals surface area contributed by atoms with Crippen molar-refractivity contribution in [3.8, 4) is 0 Å². The highest BCUT2D eigenvalue weighted by molar-refractivity contribution is 5.76. The van der Waals surface area contributed by atoms with Crippen LogP contribution in [0.2, 0.25) is 0 Å². The Morgan fingerprint density at radius 3 is 2.47 bits per heavy atom. The van der Waals surface area contributed by atoms with Gasteiger partial charge < -0.3 is 10.4 Å². The highest BCUT2D eigenvalue weighted by Gasteiger charge is 2.33. The lowest BCUT2D eigenvalue weighted by Gasteiger charge is -2.27. The Bertz CT molecular complexity index is 333. The molecular formula is C15H27NO3. The number of amides is 1. The van der Waals surface area contributed by atoms with Crippen LogP contribution in [0.3, 0.4) is 0 Å². The maximum Gasteiger partial charge on any atom is 0.306 e. The van der Waals surface area contributed by atoms with Gasteiger partial charge in [0, 0.05) is 13.0 Å². The molecule has 0 bridgehead atoms. The second-order valence-electron chi connectivity index (χ2n) is 6.91. The van der Waals surface area contributed by atoms with Gasteiger partial charge in [-0.05, 0) is 30.1 Å². The number of hydrogen-bond donors (Lipinski definition) is 2. The molecule has 0 aliphatic heterocycles. The van der Waals surface area contributed by atoms with E-state index < -0.39 is 5.97 Å². The summed E-state index contributed by atoms with van der Waals surface area (Å²) in [6.45, 7) is 8.97. The van der Waals surface area contributed by atoms with E-state index in [1.54, 1.807) is 0 Å². The molecule has 4 heteroatoms. The topological polar surface area (TPSA) is 66.4 Å². The minimum Gasteiger partial charge on any atom is -0.481 e. The number of carboxylic acid groups (broad SMARTS) is 1. The molecule has 2 N–H and O–H groups in total. The van der Waals surface area contributed by atoms with Gasteiger partial charge in [-0.25, -0.2) is 0 Å². The van der Waals surface area contributed by atoms with Crippen molar-refractivity contribution < 1.29 is 14.7 Å². The zero-order valence-corrected chi connectivity index (χ0v) is 12.5. The Morgan fingerprint density at radius 2 is 1.95 bits per heavy atom. The van der Waals surface area contributed by atoms with Gasteiger partial charge in [-0.2, -0.15) is 0 Å².